The molecule has 7 nitrogen and oxygen atoms in total. The first-order valence-electron chi connectivity index (χ1n) is 7.16. The summed E-state index contributed by atoms with van der Waals surface area (Å²) in [5, 5.41) is 7.43. The molecule has 0 bridgehead atoms. The van der Waals surface area contributed by atoms with E-state index >= 15 is 0 Å². The van der Waals surface area contributed by atoms with Crippen molar-refractivity contribution in [3.05, 3.63) is 48.8 Å². The molecule has 22 heavy (non-hydrogen) atoms. The first-order chi connectivity index (χ1) is 10.8. The SMILES string of the molecule is CCn1ncnc1[C@@H](C)Nc1nccc(-c2ccccn2)n1. The lowest BCUT2D eigenvalue weighted by molar-refractivity contribution is 0.591. The highest BCUT2D eigenvalue weighted by Gasteiger charge is 2.13. The molecule has 3 aromatic rings. The summed E-state index contributed by atoms with van der Waals surface area (Å²) in [6.45, 7) is 4.81. The summed E-state index contributed by atoms with van der Waals surface area (Å²) >= 11 is 0. The van der Waals surface area contributed by atoms with Crippen LogP contribution in [0.15, 0.2) is 43.0 Å². The second kappa shape index (κ2) is 6.30. The largest absolute Gasteiger partial charge is 0.344 e. The van der Waals surface area contributed by atoms with Gasteiger partial charge in [0.25, 0.3) is 0 Å². The van der Waals surface area contributed by atoms with Crippen LogP contribution in [0.25, 0.3) is 11.4 Å². The molecule has 0 aliphatic rings. The Morgan fingerprint density at radius 1 is 1.09 bits per heavy atom. The molecule has 0 saturated heterocycles. The Hall–Kier alpha value is -2.83. The topological polar surface area (TPSA) is 81.4 Å². The molecule has 0 radical (unpaired) electrons. The van der Waals surface area contributed by atoms with Crippen molar-refractivity contribution >= 4 is 5.95 Å². The van der Waals surface area contributed by atoms with Crippen molar-refractivity contribution in [2.75, 3.05) is 5.32 Å². The van der Waals surface area contributed by atoms with Crippen LogP contribution in [-0.4, -0.2) is 29.7 Å². The predicted molar refractivity (Wildman–Crippen MR) is 83.0 cm³/mol. The van der Waals surface area contributed by atoms with Crippen LogP contribution >= 0.6 is 0 Å². The van der Waals surface area contributed by atoms with Crippen LogP contribution in [0.1, 0.15) is 25.7 Å². The first kappa shape index (κ1) is 14.1. The molecule has 1 N–H and O–H groups in total. The number of hydrogen-bond donors (Lipinski definition) is 1. The molecule has 0 saturated carbocycles. The fraction of sp³-hybridized carbons (Fsp3) is 0.267. The Bertz CT molecular complexity index is 738. The highest BCUT2D eigenvalue weighted by molar-refractivity contribution is 5.54. The Kier molecular flexibility index (Phi) is 4.04. The molecule has 0 fully saturated rings. The van der Waals surface area contributed by atoms with E-state index in [9.17, 15) is 0 Å². The highest BCUT2D eigenvalue weighted by atomic mass is 15.3. The molecule has 0 aliphatic carbocycles. The lowest BCUT2D eigenvalue weighted by Gasteiger charge is -2.14. The molecule has 0 aromatic carbocycles. The Morgan fingerprint density at radius 2 is 2.00 bits per heavy atom. The normalized spacial score (nSPS) is 12.1. The smallest absolute Gasteiger partial charge is 0.223 e. The van der Waals surface area contributed by atoms with Gasteiger partial charge in [0.2, 0.25) is 5.95 Å². The van der Waals surface area contributed by atoms with Crippen molar-refractivity contribution < 1.29 is 0 Å². The van der Waals surface area contributed by atoms with Crippen LogP contribution in [0.3, 0.4) is 0 Å². The van der Waals surface area contributed by atoms with E-state index in [4.69, 9.17) is 0 Å². The third-order valence-electron chi connectivity index (χ3n) is 3.26. The monoisotopic (exact) mass is 295 g/mol. The average molecular weight is 295 g/mol. The van der Waals surface area contributed by atoms with E-state index in [1.54, 1.807) is 18.7 Å². The van der Waals surface area contributed by atoms with Crippen molar-refractivity contribution in [1.82, 2.24) is 29.7 Å². The molecular formula is C15H17N7. The van der Waals surface area contributed by atoms with Crippen LogP contribution < -0.4 is 5.32 Å². The van der Waals surface area contributed by atoms with Crippen LogP contribution in [-0.2, 0) is 6.54 Å². The van der Waals surface area contributed by atoms with Gasteiger partial charge < -0.3 is 5.32 Å². The lowest BCUT2D eigenvalue weighted by Crippen LogP contribution is -2.15. The summed E-state index contributed by atoms with van der Waals surface area (Å²) in [6.07, 6.45) is 5.02. The molecule has 3 aromatic heterocycles. The summed E-state index contributed by atoms with van der Waals surface area (Å²) in [4.78, 5) is 17.4. The number of aromatic nitrogens is 6. The molecule has 0 spiro atoms. The summed E-state index contributed by atoms with van der Waals surface area (Å²) in [5.41, 5.74) is 1.60. The molecular weight excluding hydrogens is 278 g/mol. The van der Waals surface area contributed by atoms with Gasteiger partial charge in [-0.15, -0.1) is 0 Å². The zero-order chi connectivity index (χ0) is 15.4. The van der Waals surface area contributed by atoms with E-state index in [1.807, 2.05) is 42.8 Å². The summed E-state index contributed by atoms with van der Waals surface area (Å²) in [7, 11) is 0. The minimum Gasteiger partial charge on any atom is -0.344 e. The van der Waals surface area contributed by atoms with Gasteiger partial charge in [-0.2, -0.15) is 5.10 Å². The van der Waals surface area contributed by atoms with Crippen LogP contribution in [0.4, 0.5) is 5.95 Å². The van der Waals surface area contributed by atoms with Crippen molar-refractivity contribution in [3.8, 4) is 11.4 Å². The zero-order valence-electron chi connectivity index (χ0n) is 12.5. The fourth-order valence-electron chi connectivity index (χ4n) is 2.20. The lowest BCUT2D eigenvalue weighted by atomic mass is 10.2. The van der Waals surface area contributed by atoms with E-state index in [-0.39, 0.29) is 6.04 Å². The molecule has 112 valence electrons. The number of hydrogen-bond acceptors (Lipinski definition) is 6. The number of nitrogens with one attached hydrogen (secondary N) is 1. The summed E-state index contributed by atoms with van der Waals surface area (Å²) in [5.74, 6) is 1.40. The van der Waals surface area contributed by atoms with Gasteiger partial charge in [0.05, 0.1) is 17.4 Å². The molecule has 0 aliphatic heterocycles. The number of nitrogens with zero attached hydrogens (tertiary/aromatic N) is 6. The van der Waals surface area contributed by atoms with Gasteiger partial charge in [0, 0.05) is 18.9 Å². The quantitative estimate of drug-likeness (QED) is 0.778. The van der Waals surface area contributed by atoms with Crippen LogP contribution in [0.5, 0.6) is 0 Å². The van der Waals surface area contributed by atoms with E-state index in [2.05, 4.69) is 30.4 Å². The van der Waals surface area contributed by atoms with Crippen molar-refractivity contribution in [2.24, 2.45) is 0 Å². The number of pyridine rings is 1. The Labute approximate surface area is 128 Å². The minimum atomic E-state index is -0.0403. The predicted octanol–water partition coefficient (Wildman–Crippen LogP) is 2.32. The van der Waals surface area contributed by atoms with Gasteiger partial charge >= 0.3 is 0 Å². The third kappa shape index (κ3) is 2.93. The molecule has 0 amide bonds. The summed E-state index contributed by atoms with van der Waals surface area (Å²) in [6, 6.07) is 7.53. The summed E-state index contributed by atoms with van der Waals surface area (Å²) < 4.78 is 1.85. The molecule has 0 unspecified atom stereocenters. The van der Waals surface area contributed by atoms with Gasteiger partial charge in [-0.25, -0.2) is 19.6 Å². The maximum atomic E-state index is 4.51. The van der Waals surface area contributed by atoms with Gasteiger partial charge in [-0.3, -0.25) is 4.98 Å². The van der Waals surface area contributed by atoms with Gasteiger partial charge in [-0.05, 0) is 32.0 Å². The minimum absolute atomic E-state index is 0.0403. The Morgan fingerprint density at radius 3 is 2.77 bits per heavy atom. The van der Waals surface area contributed by atoms with Crippen LogP contribution in [0, 0.1) is 0 Å². The van der Waals surface area contributed by atoms with E-state index < -0.39 is 0 Å². The van der Waals surface area contributed by atoms with E-state index in [0.29, 0.717) is 5.95 Å². The average Bonchev–Trinajstić information content (AvgIpc) is 3.05. The number of aryl methyl sites for hydroxylation is 1. The van der Waals surface area contributed by atoms with E-state index in [1.165, 1.54) is 0 Å². The maximum Gasteiger partial charge on any atom is 0.223 e. The second-order valence-electron chi connectivity index (χ2n) is 4.78. The highest BCUT2D eigenvalue weighted by Crippen LogP contribution is 2.17. The number of anilines is 1. The second-order valence-corrected chi connectivity index (χ2v) is 4.78. The third-order valence-corrected chi connectivity index (χ3v) is 3.26. The molecule has 7 heteroatoms. The van der Waals surface area contributed by atoms with Gasteiger partial charge in [-0.1, -0.05) is 6.07 Å². The van der Waals surface area contributed by atoms with E-state index in [0.717, 1.165) is 23.8 Å². The first-order valence-corrected chi connectivity index (χ1v) is 7.16. The van der Waals surface area contributed by atoms with Crippen molar-refractivity contribution in [1.29, 1.82) is 0 Å². The fourth-order valence-corrected chi connectivity index (χ4v) is 2.20. The molecule has 3 heterocycles. The molecule has 3 rings (SSSR count). The standard InChI is InChI=1S/C15H17N7/c1-3-22-14(18-10-19-22)11(2)20-15-17-9-7-13(21-15)12-6-4-5-8-16-12/h4-11H,3H2,1-2H3,(H,17,20,21)/t11-/m1/s1. The number of rotatable bonds is 5. The maximum absolute atomic E-state index is 4.51. The Balaban J connectivity index is 1.81. The van der Waals surface area contributed by atoms with Crippen molar-refractivity contribution in [2.45, 2.75) is 26.4 Å². The van der Waals surface area contributed by atoms with Gasteiger partial charge in [0.1, 0.15) is 12.2 Å². The zero-order valence-corrected chi connectivity index (χ0v) is 12.5. The van der Waals surface area contributed by atoms with Crippen molar-refractivity contribution in [3.63, 3.8) is 0 Å². The molecule has 1 atom stereocenters. The van der Waals surface area contributed by atoms with Gasteiger partial charge in [0.15, 0.2) is 0 Å². The van der Waals surface area contributed by atoms with Crippen LogP contribution in [0.2, 0.25) is 0 Å².